The van der Waals surface area contributed by atoms with Crippen LogP contribution >= 0.6 is 23.1 Å². The maximum absolute atomic E-state index is 13.8. The standard InChI is InChI=1S/C34H33N5O4S2/c1-3-4-5-11-20-43-25-17-15-24(16-18-25)29-27(30(40)28-22(2)35-26-14-9-10-19-38(26)28)31(41)32(42)39(29)33-36-37-34(45-33)44-21-23-12-7-6-8-13-23/h6-10,12-19,29,40H,3-5,11,20-21H2,1-2H3. The van der Waals surface area contributed by atoms with Gasteiger partial charge in [0.15, 0.2) is 10.1 Å². The first-order valence-electron chi connectivity index (χ1n) is 14.9. The number of nitrogens with zero attached hydrogens (tertiary/aromatic N) is 5. The molecule has 1 aliphatic heterocycles. The lowest BCUT2D eigenvalue weighted by atomic mass is 9.96. The average Bonchev–Trinajstić information content (AvgIpc) is 3.74. The lowest BCUT2D eigenvalue weighted by Gasteiger charge is -2.22. The van der Waals surface area contributed by atoms with Crippen molar-refractivity contribution in [3.05, 3.63) is 107 Å². The molecule has 0 saturated carbocycles. The molecule has 4 heterocycles. The Hall–Kier alpha value is -4.48. The number of aliphatic hydroxyl groups is 1. The van der Waals surface area contributed by atoms with Crippen molar-refractivity contribution in [3.63, 3.8) is 0 Å². The molecule has 1 fully saturated rings. The van der Waals surface area contributed by atoms with Gasteiger partial charge in [-0.2, -0.15) is 0 Å². The van der Waals surface area contributed by atoms with Gasteiger partial charge in [0.05, 0.1) is 23.9 Å². The van der Waals surface area contributed by atoms with Crippen LogP contribution in [-0.4, -0.2) is 43.0 Å². The smallest absolute Gasteiger partial charge is 0.301 e. The molecule has 9 nitrogen and oxygen atoms in total. The summed E-state index contributed by atoms with van der Waals surface area (Å²) < 4.78 is 8.33. The summed E-state index contributed by atoms with van der Waals surface area (Å²) in [6.45, 7) is 4.55. The van der Waals surface area contributed by atoms with Gasteiger partial charge in [0.2, 0.25) is 5.13 Å². The highest BCUT2D eigenvalue weighted by Crippen LogP contribution is 2.44. The minimum Gasteiger partial charge on any atom is -0.505 e. The molecule has 1 unspecified atom stereocenters. The van der Waals surface area contributed by atoms with Crippen LogP contribution in [0.3, 0.4) is 0 Å². The van der Waals surface area contributed by atoms with E-state index in [0.29, 0.717) is 45.0 Å². The first-order chi connectivity index (χ1) is 22.0. The summed E-state index contributed by atoms with van der Waals surface area (Å²) in [6.07, 6.45) is 6.17. The van der Waals surface area contributed by atoms with E-state index in [0.717, 1.165) is 24.8 Å². The third kappa shape index (κ3) is 6.36. The number of carbonyl (C=O) groups excluding carboxylic acids is 2. The average molecular weight is 640 g/mol. The molecule has 2 aromatic carbocycles. The first kappa shape index (κ1) is 30.5. The molecule has 1 atom stereocenters. The predicted molar refractivity (Wildman–Crippen MR) is 177 cm³/mol. The molecule has 1 aliphatic rings. The van der Waals surface area contributed by atoms with Crippen molar-refractivity contribution >= 4 is 51.3 Å². The van der Waals surface area contributed by atoms with Gasteiger partial charge in [0, 0.05) is 11.9 Å². The molecule has 230 valence electrons. The summed E-state index contributed by atoms with van der Waals surface area (Å²) in [5, 5.41) is 20.7. The number of thioether (sulfide) groups is 1. The third-order valence-electron chi connectivity index (χ3n) is 7.64. The molecular weight excluding hydrogens is 607 g/mol. The van der Waals surface area contributed by atoms with Crippen molar-refractivity contribution in [2.75, 3.05) is 11.5 Å². The first-order valence-corrected chi connectivity index (χ1v) is 16.7. The number of pyridine rings is 1. The summed E-state index contributed by atoms with van der Waals surface area (Å²) in [5.41, 5.74) is 3.25. The molecule has 5 aromatic rings. The van der Waals surface area contributed by atoms with E-state index in [4.69, 9.17) is 4.74 Å². The van der Waals surface area contributed by atoms with Crippen molar-refractivity contribution in [2.45, 2.75) is 55.7 Å². The Morgan fingerprint density at radius 2 is 1.76 bits per heavy atom. The number of anilines is 1. The van der Waals surface area contributed by atoms with Gasteiger partial charge >= 0.3 is 5.91 Å². The van der Waals surface area contributed by atoms with Crippen LogP contribution in [0.2, 0.25) is 0 Å². The molecule has 0 bridgehead atoms. The van der Waals surface area contributed by atoms with Crippen molar-refractivity contribution < 1.29 is 19.4 Å². The summed E-state index contributed by atoms with van der Waals surface area (Å²) in [5.74, 6) is -0.491. The van der Waals surface area contributed by atoms with Crippen molar-refractivity contribution in [1.29, 1.82) is 0 Å². The van der Waals surface area contributed by atoms with Crippen LogP contribution in [0.25, 0.3) is 11.4 Å². The summed E-state index contributed by atoms with van der Waals surface area (Å²) >= 11 is 2.75. The van der Waals surface area contributed by atoms with E-state index >= 15 is 0 Å². The van der Waals surface area contributed by atoms with E-state index in [-0.39, 0.29) is 16.5 Å². The number of Topliss-reactive ketones (excluding diaryl/α,β-unsaturated/α-hetero) is 1. The number of amides is 1. The zero-order chi connectivity index (χ0) is 31.3. The van der Waals surface area contributed by atoms with E-state index in [1.54, 1.807) is 17.5 Å². The zero-order valence-corrected chi connectivity index (χ0v) is 26.7. The number of benzene rings is 2. The lowest BCUT2D eigenvalue weighted by molar-refractivity contribution is -0.132. The molecule has 0 aliphatic carbocycles. The molecule has 3 aromatic heterocycles. The Balaban J connectivity index is 1.37. The van der Waals surface area contributed by atoms with E-state index in [2.05, 4.69) is 22.1 Å². The molecule has 45 heavy (non-hydrogen) atoms. The molecule has 11 heteroatoms. The second-order valence-corrected chi connectivity index (χ2v) is 12.9. The molecule has 6 rings (SSSR count). The Bertz CT molecular complexity index is 1850. The minimum absolute atomic E-state index is 0.0318. The van der Waals surface area contributed by atoms with Crippen molar-refractivity contribution in [2.24, 2.45) is 0 Å². The van der Waals surface area contributed by atoms with E-state index < -0.39 is 17.7 Å². The van der Waals surface area contributed by atoms with Gasteiger partial charge in [-0.1, -0.05) is 97.8 Å². The number of fused-ring (bicyclic) bond motifs is 1. The number of aryl methyl sites for hydroxylation is 1. The topological polar surface area (TPSA) is 110 Å². The number of rotatable bonds is 12. The number of ketones is 1. The maximum atomic E-state index is 13.8. The van der Waals surface area contributed by atoms with Crippen LogP contribution in [0.5, 0.6) is 5.75 Å². The summed E-state index contributed by atoms with van der Waals surface area (Å²) in [4.78, 5) is 33.4. The van der Waals surface area contributed by atoms with Gasteiger partial charge in [-0.05, 0) is 48.7 Å². The second kappa shape index (κ2) is 13.7. The van der Waals surface area contributed by atoms with Crippen LogP contribution in [0.1, 0.15) is 61.2 Å². The number of carbonyl (C=O) groups is 2. The SMILES string of the molecule is CCCCCCOc1ccc(C2C(=C(O)c3c(C)nc4ccccn34)C(=O)C(=O)N2c2nnc(SCc3ccccc3)s2)cc1. The molecule has 0 radical (unpaired) electrons. The fraction of sp³-hybridized carbons (Fsp3) is 0.265. The Morgan fingerprint density at radius 1 is 0.978 bits per heavy atom. The monoisotopic (exact) mass is 639 g/mol. The second-order valence-electron chi connectivity index (χ2n) is 10.7. The molecule has 1 N–H and O–H groups in total. The summed E-state index contributed by atoms with van der Waals surface area (Å²) in [7, 11) is 0. The normalized spacial score (nSPS) is 16.1. The Kier molecular flexibility index (Phi) is 9.27. The van der Waals surface area contributed by atoms with Gasteiger partial charge in [0.25, 0.3) is 5.78 Å². The minimum atomic E-state index is -0.933. The molecular formula is C34H33N5O4S2. The van der Waals surface area contributed by atoms with Gasteiger partial charge in [-0.15, -0.1) is 10.2 Å². The van der Waals surface area contributed by atoms with Gasteiger partial charge in [0.1, 0.15) is 17.1 Å². The highest BCUT2D eigenvalue weighted by atomic mass is 32.2. The van der Waals surface area contributed by atoms with Crippen LogP contribution in [0, 0.1) is 6.92 Å². The van der Waals surface area contributed by atoms with Crippen LogP contribution in [0.4, 0.5) is 5.13 Å². The summed E-state index contributed by atoms with van der Waals surface area (Å²) in [6, 6.07) is 21.9. The maximum Gasteiger partial charge on any atom is 0.301 e. The Labute approximate surface area is 269 Å². The molecule has 1 amide bonds. The van der Waals surface area contributed by atoms with Crippen LogP contribution in [0.15, 0.2) is 88.9 Å². The Morgan fingerprint density at radius 3 is 2.53 bits per heavy atom. The van der Waals surface area contributed by atoms with E-state index in [1.165, 1.54) is 34.4 Å². The fourth-order valence-electron chi connectivity index (χ4n) is 5.41. The predicted octanol–water partition coefficient (Wildman–Crippen LogP) is 7.37. The van der Waals surface area contributed by atoms with Crippen LogP contribution < -0.4 is 9.64 Å². The third-order valence-corrected chi connectivity index (χ3v) is 9.77. The number of ether oxygens (including phenoxy) is 1. The van der Waals surface area contributed by atoms with Gasteiger partial charge in [-0.25, -0.2) is 4.98 Å². The number of hydrogen-bond acceptors (Lipinski definition) is 9. The number of hydrogen-bond donors (Lipinski definition) is 1. The van der Waals surface area contributed by atoms with Gasteiger partial charge < -0.3 is 9.84 Å². The molecule has 0 spiro atoms. The lowest BCUT2D eigenvalue weighted by Crippen LogP contribution is -2.29. The quantitative estimate of drug-likeness (QED) is 0.0376. The fourth-order valence-corrected chi connectivity index (χ4v) is 7.24. The zero-order valence-electron chi connectivity index (χ0n) is 25.1. The number of unbranched alkanes of at least 4 members (excludes halogenated alkanes) is 3. The number of aromatic nitrogens is 4. The molecule has 1 saturated heterocycles. The highest BCUT2D eigenvalue weighted by Gasteiger charge is 2.49. The van der Waals surface area contributed by atoms with E-state index in [1.807, 2.05) is 72.8 Å². The van der Waals surface area contributed by atoms with Gasteiger partial charge in [-0.3, -0.25) is 18.9 Å². The highest BCUT2D eigenvalue weighted by molar-refractivity contribution is 8.00. The van der Waals surface area contributed by atoms with E-state index in [9.17, 15) is 14.7 Å². The largest absolute Gasteiger partial charge is 0.505 e. The van der Waals surface area contributed by atoms with Crippen LogP contribution in [-0.2, 0) is 15.3 Å². The van der Waals surface area contributed by atoms with Crippen molar-refractivity contribution in [1.82, 2.24) is 19.6 Å². The van der Waals surface area contributed by atoms with Crippen molar-refractivity contribution in [3.8, 4) is 5.75 Å². The number of aliphatic hydroxyl groups excluding tert-OH is 1. The number of imidazole rings is 1.